The summed E-state index contributed by atoms with van der Waals surface area (Å²) in [6, 6.07) is 5.82. The van der Waals surface area contributed by atoms with Crippen molar-refractivity contribution in [3.8, 4) is 6.07 Å². The van der Waals surface area contributed by atoms with Crippen molar-refractivity contribution in [2.45, 2.75) is 19.4 Å². The lowest BCUT2D eigenvalue weighted by Crippen LogP contribution is -2.29. The van der Waals surface area contributed by atoms with Crippen molar-refractivity contribution in [1.82, 2.24) is 4.98 Å². The molecule has 0 aromatic carbocycles. The molecule has 1 rings (SSSR count). The van der Waals surface area contributed by atoms with Crippen molar-refractivity contribution >= 4 is 17.4 Å². The van der Waals surface area contributed by atoms with Crippen LogP contribution in [0.1, 0.15) is 13.3 Å². The summed E-state index contributed by atoms with van der Waals surface area (Å²) in [5.74, 6) is 0.719. The Morgan fingerprint density at radius 2 is 2.43 bits per heavy atom. The van der Waals surface area contributed by atoms with Gasteiger partial charge in [-0.2, -0.15) is 5.26 Å². The molecule has 0 radical (unpaired) electrons. The van der Waals surface area contributed by atoms with Crippen LogP contribution in [0.4, 0.5) is 5.82 Å². The molecule has 0 fully saturated rings. The fourth-order valence-electron chi connectivity index (χ4n) is 1.11. The summed E-state index contributed by atoms with van der Waals surface area (Å²) < 4.78 is 0. The first-order valence-corrected chi connectivity index (χ1v) is 4.75. The number of nitrogens with zero attached hydrogens (tertiary/aromatic N) is 3. The number of hydrogen-bond acceptors (Lipinski definition) is 3. The van der Waals surface area contributed by atoms with E-state index in [0.29, 0.717) is 11.4 Å². The predicted octanol–water partition coefficient (Wildman–Crippen LogP) is 2.47. The molecule has 1 atom stereocenters. The molecular formula is C10H12ClN3. The van der Waals surface area contributed by atoms with Gasteiger partial charge >= 0.3 is 0 Å². The summed E-state index contributed by atoms with van der Waals surface area (Å²) in [5.41, 5.74) is 0. The predicted molar refractivity (Wildman–Crippen MR) is 57.3 cm³/mol. The van der Waals surface area contributed by atoms with Crippen LogP contribution in [0.25, 0.3) is 0 Å². The second kappa shape index (κ2) is 4.83. The number of hydrogen-bond donors (Lipinski definition) is 0. The van der Waals surface area contributed by atoms with Crippen molar-refractivity contribution in [3.63, 3.8) is 0 Å². The topological polar surface area (TPSA) is 39.9 Å². The summed E-state index contributed by atoms with van der Waals surface area (Å²) in [6.07, 6.45) is 2.15. The third-order valence-electron chi connectivity index (χ3n) is 2.12. The molecule has 0 amide bonds. The Hall–Kier alpha value is -1.27. The second-order valence-electron chi connectivity index (χ2n) is 3.13. The van der Waals surface area contributed by atoms with Crippen LogP contribution in [-0.4, -0.2) is 18.1 Å². The summed E-state index contributed by atoms with van der Waals surface area (Å²) in [4.78, 5) is 6.07. The van der Waals surface area contributed by atoms with Gasteiger partial charge < -0.3 is 4.90 Å². The van der Waals surface area contributed by atoms with Gasteiger partial charge in [0.15, 0.2) is 0 Å². The molecule has 74 valence electrons. The van der Waals surface area contributed by atoms with Crippen LogP contribution >= 0.6 is 11.6 Å². The Morgan fingerprint density at radius 3 is 3.00 bits per heavy atom. The zero-order valence-corrected chi connectivity index (χ0v) is 8.99. The number of nitriles is 1. The van der Waals surface area contributed by atoms with Gasteiger partial charge in [-0.25, -0.2) is 4.98 Å². The van der Waals surface area contributed by atoms with Crippen molar-refractivity contribution in [1.29, 1.82) is 5.26 Å². The number of rotatable bonds is 3. The maximum atomic E-state index is 8.57. The number of anilines is 1. The van der Waals surface area contributed by atoms with Gasteiger partial charge in [-0.05, 0) is 19.1 Å². The van der Waals surface area contributed by atoms with Crippen LogP contribution in [0.3, 0.4) is 0 Å². The average molecular weight is 210 g/mol. The molecule has 0 bridgehead atoms. The zero-order chi connectivity index (χ0) is 10.6. The maximum Gasteiger partial charge on any atom is 0.147 e. The van der Waals surface area contributed by atoms with Gasteiger partial charge in [0.1, 0.15) is 5.82 Å². The minimum Gasteiger partial charge on any atom is -0.355 e. The number of pyridine rings is 1. The summed E-state index contributed by atoms with van der Waals surface area (Å²) in [7, 11) is 1.89. The van der Waals surface area contributed by atoms with Crippen LogP contribution in [0.15, 0.2) is 18.3 Å². The van der Waals surface area contributed by atoms with E-state index in [2.05, 4.69) is 11.1 Å². The normalized spacial score (nSPS) is 11.9. The first kappa shape index (κ1) is 10.8. The molecule has 0 aliphatic rings. The molecule has 14 heavy (non-hydrogen) atoms. The molecular weight excluding hydrogens is 198 g/mol. The molecule has 0 N–H and O–H groups in total. The minimum atomic E-state index is 0.118. The fourth-order valence-corrected chi connectivity index (χ4v) is 1.37. The molecule has 4 heteroatoms. The van der Waals surface area contributed by atoms with Crippen molar-refractivity contribution in [3.05, 3.63) is 23.4 Å². The highest BCUT2D eigenvalue weighted by Crippen LogP contribution is 2.23. The Morgan fingerprint density at radius 1 is 1.71 bits per heavy atom. The lowest BCUT2D eigenvalue weighted by molar-refractivity contribution is 0.694. The van der Waals surface area contributed by atoms with Crippen LogP contribution in [0.5, 0.6) is 0 Å². The smallest absolute Gasteiger partial charge is 0.147 e. The van der Waals surface area contributed by atoms with E-state index in [1.807, 2.05) is 18.9 Å². The van der Waals surface area contributed by atoms with Gasteiger partial charge in [0.25, 0.3) is 0 Å². The average Bonchev–Trinajstić information content (AvgIpc) is 2.18. The molecule has 1 heterocycles. The van der Waals surface area contributed by atoms with Crippen molar-refractivity contribution in [2.75, 3.05) is 11.9 Å². The monoisotopic (exact) mass is 209 g/mol. The van der Waals surface area contributed by atoms with E-state index in [4.69, 9.17) is 16.9 Å². The standard InChI is InChI=1S/C10H12ClN3/c1-8(5-6-12)14(2)10-9(11)4-3-7-13-10/h3-4,7-8H,5H2,1-2H3. The van der Waals surface area contributed by atoms with Crippen LogP contribution in [-0.2, 0) is 0 Å². The van der Waals surface area contributed by atoms with Gasteiger partial charge in [-0.15, -0.1) is 0 Å². The van der Waals surface area contributed by atoms with Crippen LogP contribution < -0.4 is 4.90 Å². The molecule has 0 aliphatic heterocycles. The van der Waals surface area contributed by atoms with E-state index in [1.165, 1.54) is 0 Å². The van der Waals surface area contributed by atoms with Gasteiger partial charge in [0.2, 0.25) is 0 Å². The summed E-state index contributed by atoms with van der Waals surface area (Å²) in [6.45, 7) is 1.97. The lowest BCUT2D eigenvalue weighted by Gasteiger charge is -2.24. The Bertz CT molecular complexity index is 345. The number of halogens is 1. The quantitative estimate of drug-likeness (QED) is 0.768. The first-order valence-electron chi connectivity index (χ1n) is 4.37. The van der Waals surface area contributed by atoms with Crippen LogP contribution in [0, 0.1) is 11.3 Å². The Kier molecular flexibility index (Phi) is 3.73. The molecule has 0 aliphatic carbocycles. The largest absolute Gasteiger partial charge is 0.355 e. The van der Waals surface area contributed by atoms with Gasteiger partial charge in [-0.1, -0.05) is 11.6 Å². The number of aromatic nitrogens is 1. The van der Waals surface area contributed by atoms with Crippen molar-refractivity contribution in [2.24, 2.45) is 0 Å². The molecule has 3 nitrogen and oxygen atoms in total. The van der Waals surface area contributed by atoms with Gasteiger partial charge in [0.05, 0.1) is 17.5 Å². The third kappa shape index (κ3) is 2.36. The first-order chi connectivity index (χ1) is 6.66. The fraction of sp³-hybridized carbons (Fsp3) is 0.400. The molecule has 0 saturated heterocycles. The van der Waals surface area contributed by atoms with Gasteiger partial charge in [-0.3, -0.25) is 0 Å². The van der Waals surface area contributed by atoms with Crippen molar-refractivity contribution < 1.29 is 0 Å². The van der Waals surface area contributed by atoms with E-state index in [0.717, 1.165) is 5.82 Å². The molecule has 1 unspecified atom stereocenters. The molecule has 0 spiro atoms. The zero-order valence-electron chi connectivity index (χ0n) is 8.24. The summed E-state index contributed by atoms with van der Waals surface area (Å²) in [5, 5.41) is 9.18. The third-order valence-corrected chi connectivity index (χ3v) is 2.42. The lowest BCUT2D eigenvalue weighted by atomic mass is 10.2. The van der Waals surface area contributed by atoms with E-state index in [9.17, 15) is 0 Å². The van der Waals surface area contributed by atoms with Gasteiger partial charge in [0, 0.05) is 19.3 Å². The van der Waals surface area contributed by atoms with E-state index >= 15 is 0 Å². The summed E-state index contributed by atoms with van der Waals surface area (Å²) >= 11 is 5.98. The molecule has 1 aromatic heterocycles. The van der Waals surface area contributed by atoms with E-state index in [-0.39, 0.29) is 6.04 Å². The molecule has 1 aromatic rings. The highest BCUT2D eigenvalue weighted by atomic mass is 35.5. The second-order valence-corrected chi connectivity index (χ2v) is 3.54. The Balaban J connectivity index is 2.84. The highest BCUT2D eigenvalue weighted by molar-refractivity contribution is 6.32. The maximum absolute atomic E-state index is 8.57. The van der Waals surface area contributed by atoms with E-state index in [1.54, 1.807) is 18.3 Å². The molecule has 0 saturated carbocycles. The SMILES string of the molecule is CC(CC#N)N(C)c1ncccc1Cl. The minimum absolute atomic E-state index is 0.118. The van der Waals surface area contributed by atoms with Crippen LogP contribution in [0.2, 0.25) is 5.02 Å². The highest BCUT2D eigenvalue weighted by Gasteiger charge is 2.12. The Labute approximate surface area is 88.9 Å². The van der Waals surface area contributed by atoms with E-state index < -0.39 is 0 Å².